The van der Waals surface area contributed by atoms with Gasteiger partial charge in [0.25, 0.3) is 5.56 Å². The van der Waals surface area contributed by atoms with Gasteiger partial charge >= 0.3 is 0 Å². The average molecular weight is 607 g/mol. The summed E-state index contributed by atoms with van der Waals surface area (Å²) in [5, 5.41) is 12.1. The quantitative estimate of drug-likeness (QED) is 0.256. The normalized spacial score (nSPS) is 17.8. The van der Waals surface area contributed by atoms with Crippen LogP contribution in [0.25, 0.3) is 28.1 Å². The van der Waals surface area contributed by atoms with Gasteiger partial charge in [0.2, 0.25) is 5.91 Å². The van der Waals surface area contributed by atoms with Crippen LogP contribution in [-0.2, 0) is 17.6 Å². The fraction of sp³-hybridized carbons (Fsp3) is 0.207. The van der Waals surface area contributed by atoms with Crippen LogP contribution >= 0.6 is 34.8 Å². The minimum atomic E-state index is -0.317. The maximum absolute atomic E-state index is 13.7. The van der Waals surface area contributed by atoms with Crippen molar-refractivity contribution in [3.63, 3.8) is 0 Å². The number of benzene rings is 2. The predicted octanol–water partition coefficient (Wildman–Crippen LogP) is 6.11. The molecule has 2 aliphatic heterocycles. The Morgan fingerprint density at radius 3 is 2.63 bits per heavy atom. The van der Waals surface area contributed by atoms with Gasteiger partial charge in [-0.2, -0.15) is 0 Å². The third-order valence-corrected chi connectivity index (χ3v) is 8.39. The third-order valence-electron chi connectivity index (χ3n) is 7.71. The number of aryl methyl sites for hydroxylation is 1. The second kappa shape index (κ2) is 9.87. The summed E-state index contributed by atoms with van der Waals surface area (Å²) in [5.41, 5.74) is 6.20. The Labute approximate surface area is 249 Å². The summed E-state index contributed by atoms with van der Waals surface area (Å²) in [6.45, 7) is 2.09. The highest BCUT2D eigenvalue weighted by molar-refractivity contribution is 6.32. The Morgan fingerprint density at radius 1 is 0.976 bits per heavy atom. The standard InChI is InChI=1S/C29H22Cl3N7O2/c1-14-8-19-10-17(20-12-18(30)4-6-22(20)38-13-23(31)36-37-38)11-25(41)39(19)27(14)29-34-26(28(32)35-29)16-2-5-21-15(9-16)3-7-24(40)33-21/h2,4-6,9-14,27H,3,7-8H2,1H3,(H,33,40)(H,34,35)/t14-,27-/m0/s1. The molecule has 5 aromatic rings. The average Bonchev–Trinajstić information content (AvgIpc) is 3.64. The van der Waals surface area contributed by atoms with E-state index in [0.29, 0.717) is 46.6 Å². The van der Waals surface area contributed by atoms with Crippen LogP contribution in [0.4, 0.5) is 5.69 Å². The van der Waals surface area contributed by atoms with Gasteiger partial charge in [-0.05, 0) is 66.3 Å². The smallest absolute Gasteiger partial charge is 0.252 e. The summed E-state index contributed by atoms with van der Waals surface area (Å²) >= 11 is 19.0. The summed E-state index contributed by atoms with van der Waals surface area (Å²) in [7, 11) is 0. The predicted molar refractivity (Wildman–Crippen MR) is 158 cm³/mol. The third kappa shape index (κ3) is 4.54. The molecule has 0 saturated carbocycles. The van der Waals surface area contributed by atoms with E-state index in [9.17, 15) is 9.59 Å². The maximum atomic E-state index is 13.7. The number of H-pyrrole nitrogens is 1. The van der Waals surface area contributed by atoms with Gasteiger partial charge in [0, 0.05) is 40.0 Å². The van der Waals surface area contributed by atoms with Gasteiger partial charge in [0.15, 0.2) is 5.15 Å². The van der Waals surface area contributed by atoms with E-state index >= 15 is 0 Å². The first kappa shape index (κ1) is 26.0. The molecule has 0 unspecified atom stereocenters. The fourth-order valence-electron chi connectivity index (χ4n) is 5.88. The Bertz CT molecular complexity index is 1930. The molecule has 3 aromatic heterocycles. The van der Waals surface area contributed by atoms with Crippen LogP contribution in [0.3, 0.4) is 0 Å². The summed E-state index contributed by atoms with van der Waals surface area (Å²) in [6.07, 6.45) is 3.38. The van der Waals surface area contributed by atoms with Gasteiger partial charge in [-0.1, -0.05) is 53.0 Å². The Hall–Kier alpha value is -3.92. The molecule has 0 bridgehead atoms. The zero-order chi connectivity index (χ0) is 28.4. The van der Waals surface area contributed by atoms with Crippen LogP contribution in [0.5, 0.6) is 0 Å². The molecule has 0 aliphatic carbocycles. The van der Waals surface area contributed by atoms with Gasteiger partial charge in [-0.15, -0.1) is 5.10 Å². The van der Waals surface area contributed by atoms with Crippen LogP contribution in [0.15, 0.2) is 59.5 Å². The lowest BCUT2D eigenvalue weighted by Crippen LogP contribution is -2.25. The van der Waals surface area contributed by atoms with E-state index in [4.69, 9.17) is 39.8 Å². The van der Waals surface area contributed by atoms with Gasteiger partial charge in [0.05, 0.1) is 17.9 Å². The molecule has 0 radical (unpaired) electrons. The molecule has 206 valence electrons. The summed E-state index contributed by atoms with van der Waals surface area (Å²) < 4.78 is 3.34. The van der Waals surface area contributed by atoms with Crippen molar-refractivity contribution in [2.45, 2.75) is 32.2 Å². The monoisotopic (exact) mass is 605 g/mol. The van der Waals surface area contributed by atoms with Crippen molar-refractivity contribution in [3.05, 3.63) is 97.5 Å². The highest BCUT2D eigenvalue weighted by atomic mass is 35.5. The Morgan fingerprint density at radius 2 is 1.83 bits per heavy atom. The summed E-state index contributed by atoms with van der Waals surface area (Å²) in [4.78, 5) is 33.5. The van der Waals surface area contributed by atoms with Crippen molar-refractivity contribution in [3.8, 4) is 28.1 Å². The van der Waals surface area contributed by atoms with Gasteiger partial charge in [-0.3, -0.25) is 9.59 Å². The molecule has 2 N–H and O–H groups in total. The number of anilines is 1. The lowest BCUT2D eigenvalue weighted by Gasteiger charge is -2.17. The van der Waals surface area contributed by atoms with Crippen LogP contribution in [0, 0.1) is 5.92 Å². The van der Waals surface area contributed by atoms with Gasteiger partial charge in [-0.25, -0.2) is 9.67 Å². The summed E-state index contributed by atoms with van der Waals surface area (Å²) in [5.74, 6) is 0.722. The van der Waals surface area contributed by atoms with Crippen molar-refractivity contribution in [1.29, 1.82) is 0 Å². The second-order valence-corrected chi connectivity index (χ2v) is 11.6. The number of hydrogen-bond donors (Lipinski definition) is 2. The van der Waals surface area contributed by atoms with E-state index in [-0.39, 0.29) is 28.6 Å². The number of halogens is 3. The van der Waals surface area contributed by atoms with Crippen molar-refractivity contribution < 1.29 is 4.79 Å². The lowest BCUT2D eigenvalue weighted by molar-refractivity contribution is -0.116. The highest BCUT2D eigenvalue weighted by Crippen LogP contribution is 2.39. The molecule has 5 heterocycles. The van der Waals surface area contributed by atoms with E-state index < -0.39 is 0 Å². The topological polar surface area (TPSA) is 110 Å². The zero-order valence-corrected chi connectivity index (χ0v) is 23.9. The molecule has 1 amide bonds. The van der Waals surface area contributed by atoms with Crippen molar-refractivity contribution in [2.24, 2.45) is 5.92 Å². The van der Waals surface area contributed by atoms with E-state index in [1.54, 1.807) is 33.6 Å². The minimum Gasteiger partial charge on any atom is -0.331 e. The minimum absolute atomic E-state index is 0.0159. The summed E-state index contributed by atoms with van der Waals surface area (Å²) in [6, 6.07) is 14.5. The first-order valence-electron chi connectivity index (χ1n) is 13.1. The van der Waals surface area contributed by atoms with Crippen LogP contribution in [0.2, 0.25) is 15.3 Å². The Balaban J connectivity index is 1.27. The van der Waals surface area contributed by atoms with Crippen molar-refractivity contribution in [1.82, 2.24) is 29.5 Å². The molecule has 12 heteroatoms. The first-order valence-corrected chi connectivity index (χ1v) is 14.2. The number of imidazole rings is 1. The first-order chi connectivity index (χ1) is 19.7. The number of fused-ring (bicyclic) bond motifs is 2. The van der Waals surface area contributed by atoms with E-state index in [1.165, 1.54) is 0 Å². The Kier molecular flexibility index (Phi) is 6.26. The van der Waals surface area contributed by atoms with Crippen LogP contribution in [-0.4, -0.2) is 35.4 Å². The fourth-order valence-corrected chi connectivity index (χ4v) is 6.43. The van der Waals surface area contributed by atoms with Crippen molar-refractivity contribution in [2.75, 3.05) is 5.32 Å². The number of carbonyl (C=O) groups excluding carboxylic acids is 1. The molecule has 0 fully saturated rings. The van der Waals surface area contributed by atoms with Crippen LogP contribution < -0.4 is 10.9 Å². The molecular weight excluding hydrogens is 585 g/mol. The molecule has 41 heavy (non-hydrogen) atoms. The SMILES string of the molecule is C[C@H]1Cc2cc(-c3cc(Cl)ccc3-n3cc(Cl)nn3)cc(=O)n2[C@@H]1c1nc(-c2ccc3c(c2)CCC(=O)N3)c(Cl)[nH]1. The number of nitrogens with one attached hydrogen (secondary N) is 2. The highest BCUT2D eigenvalue weighted by Gasteiger charge is 2.35. The molecule has 2 aliphatic rings. The molecule has 7 rings (SSSR count). The lowest BCUT2D eigenvalue weighted by atomic mass is 9.99. The van der Waals surface area contributed by atoms with E-state index in [0.717, 1.165) is 33.6 Å². The maximum Gasteiger partial charge on any atom is 0.252 e. The number of nitrogens with zero attached hydrogens (tertiary/aromatic N) is 5. The second-order valence-electron chi connectivity index (χ2n) is 10.4. The number of rotatable bonds is 4. The van der Waals surface area contributed by atoms with Crippen molar-refractivity contribution >= 4 is 46.4 Å². The zero-order valence-electron chi connectivity index (χ0n) is 21.7. The largest absolute Gasteiger partial charge is 0.331 e. The number of carbonyl (C=O) groups is 1. The molecular formula is C29H22Cl3N7O2. The number of pyridine rings is 1. The molecule has 0 spiro atoms. The molecule has 9 nitrogen and oxygen atoms in total. The van der Waals surface area contributed by atoms with Gasteiger partial charge < -0.3 is 14.9 Å². The number of amides is 1. The van der Waals surface area contributed by atoms with Gasteiger partial charge in [0.1, 0.15) is 16.7 Å². The number of aromatic nitrogens is 6. The molecule has 2 aromatic carbocycles. The number of aromatic amines is 1. The molecule has 2 atom stereocenters. The molecule has 0 saturated heterocycles. The van der Waals surface area contributed by atoms with Crippen LogP contribution in [0.1, 0.15) is 36.5 Å². The van der Waals surface area contributed by atoms with E-state index in [2.05, 4.69) is 27.5 Å². The van der Waals surface area contributed by atoms with E-state index in [1.807, 2.05) is 30.3 Å². The number of hydrogen-bond acceptors (Lipinski definition) is 5.